The largest absolute Gasteiger partial charge is 0.433 e. The van der Waals surface area contributed by atoms with Gasteiger partial charge < -0.3 is 9.51 Å². The lowest BCUT2D eigenvalue weighted by Gasteiger charge is -2.33. The molecule has 158 valence electrons. The van der Waals surface area contributed by atoms with Gasteiger partial charge in [0.25, 0.3) is 0 Å². The van der Waals surface area contributed by atoms with E-state index in [1.807, 2.05) is 16.8 Å². The number of fused-ring (bicyclic) bond motifs is 1. The van der Waals surface area contributed by atoms with Crippen LogP contribution in [0.4, 0.5) is 13.2 Å². The van der Waals surface area contributed by atoms with Crippen molar-refractivity contribution in [2.45, 2.75) is 62.6 Å². The quantitative estimate of drug-likeness (QED) is 0.601. The molecule has 0 amide bonds. The summed E-state index contributed by atoms with van der Waals surface area (Å²) in [5, 5.41) is 11.3. The number of nitrogens with zero attached hydrogens (tertiary/aromatic N) is 3. The first-order valence-electron chi connectivity index (χ1n) is 10.6. The lowest BCUT2D eigenvalue weighted by molar-refractivity contribution is -0.141. The number of hydrogen-bond donors (Lipinski definition) is 1. The van der Waals surface area contributed by atoms with Crippen LogP contribution in [0.1, 0.15) is 78.8 Å². The zero-order valence-corrected chi connectivity index (χ0v) is 16.5. The Kier molecular flexibility index (Phi) is 4.81. The molecule has 0 radical (unpaired) electrons. The predicted octanol–water partition coefficient (Wildman–Crippen LogP) is 5.63. The molecule has 2 saturated carbocycles. The third kappa shape index (κ3) is 3.60. The van der Waals surface area contributed by atoms with Crippen LogP contribution in [0, 0.1) is 5.92 Å². The highest BCUT2D eigenvalue weighted by Gasteiger charge is 2.35. The van der Waals surface area contributed by atoms with E-state index in [-0.39, 0.29) is 11.8 Å². The minimum Gasteiger partial charge on any atom is -0.388 e. The topological polar surface area (TPSA) is 50.4 Å². The van der Waals surface area contributed by atoms with Crippen LogP contribution in [0.3, 0.4) is 0 Å². The maximum absolute atomic E-state index is 12.7. The molecule has 0 aliphatic heterocycles. The summed E-state index contributed by atoms with van der Waals surface area (Å²) in [4.78, 5) is 7.86. The molecule has 0 saturated heterocycles. The Hall–Kier alpha value is -2.41. The maximum atomic E-state index is 12.7. The fourth-order valence-corrected chi connectivity index (χ4v) is 4.92. The first-order chi connectivity index (χ1) is 14.4. The lowest BCUT2D eigenvalue weighted by atomic mass is 9.75. The smallest absolute Gasteiger partial charge is 0.388 e. The van der Waals surface area contributed by atoms with Gasteiger partial charge in [0.1, 0.15) is 5.69 Å². The number of halogens is 3. The molecule has 1 N–H and O–H groups in total. The van der Waals surface area contributed by atoms with Gasteiger partial charge in [0.15, 0.2) is 0 Å². The number of aliphatic hydroxyl groups is 1. The average molecular weight is 415 g/mol. The molecular weight excluding hydrogens is 391 g/mol. The van der Waals surface area contributed by atoms with Gasteiger partial charge in [-0.3, -0.25) is 4.98 Å². The third-order valence-electron chi connectivity index (χ3n) is 6.75. The van der Waals surface area contributed by atoms with Crippen LogP contribution in [0.15, 0.2) is 43.1 Å². The normalized spacial score (nSPS) is 23.6. The number of alkyl halides is 3. The van der Waals surface area contributed by atoms with E-state index in [0.717, 1.165) is 61.2 Å². The summed E-state index contributed by atoms with van der Waals surface area (Å²) >= 11 is 0. The zero-order chi connectivity index (χ0) is 20.9. The van der Waals surface area contributed by atoms with E-state index in [0.29, 0.717) is 5.92 Å². The molecule has 30 heavy (non-hydrogen) atoms. The van der Waals surface area contributed by atoms with Gasteiger partial charge in [0.2, 0.25) is 0 Å². The Bertz CT molecular complexity index is 1030. The zero-order valence-electron chi connectivity index (χ0n) is 16.5. The number of imidazole rings is 1. The van der Waals surface area contributed by atoms with Crippen LogP contribution in [-0.4, -0.2) is 19.5 Å². The fourth-order valence-electron chi connectivity index (χ4n) is 4.92. The summed E-state index contributed by atoms with van der Waals surface area (Å²) < 4.78 is 40.2. The van der Waals surface area contributed by atoms with Crippen LogP contribution in [-0.2, 0) is 6.18 Å². The molecule has 1 atom stereocenters. The second kappa shape index (κ2) is 7.38. The number of aliphatic hydroxyl groups excluding tert-OH is 1. The van der Waals surface area contributed by atoms with E-state index in [2.05, 4.69) is 16.0 Å². The summed E-state index contributed by atoms with van der Waals surface area (Å²) in [6, 6.07) is 4.73. The molecule has 0 bridgehead atoms. The van der Waals surface area contributed by atoms with Crippen molar-refractivity contribution < 1.29 is 18.3 Å². The minimum absolute atomic E-state index is 0.141. The molecule has 5 rings (SSSR count). The van der Waals surface area contributed by atoms with Crippen molar-refractivity contribution in [1.82, 2.24) is 14.4 Å². The van der Waals surface area contributed by atoms with Gasteiger partial charge in [-0.15, -0.1) is 0 Å². The molecule has 2 aliphatic rings. The Labute approximate surface area is 172 Å². The van der Waals surface area contributed by atoms with Gasteiger partial charge in [-0.25, -0.2) is 4.98 Å². The van der Waals surface area contributed by atoms with E-state index >= 15 is 0 Å². The Morgan fingerprint density at radius 2 is 1.70 bits per heavy atom. The summed E-state index contributed by atoms with van der Waals surface area (Å²) in [7, 11) is 0. The van der Waals surface area contributed by atoms with Crippen molar-refractivity contribution in [2.24, 2.45) is 5.92 Å². The molecule has 7 heteroatoms. The second-order valence-electron chi connectivity index (χ2n) is 8.68. The third-order valence-corrected chi connectivity index (χ3v) is 6.75. The first kappa shape index (κ1) is 19.5. The van der Waals surface area contributed by atoms with Crippen LogP contribution in [0.5, 0.6) is 0 Å². The molecular formula is C23H24F3N3O. The SMILES string of the molecule is O[C@@H](c1c(C2CC2)ccn2cncc12)[C@H]1CC[C@H](c2ccc(C(F)(F)F)nc2)CC1. The monoisotopic (exact) mass is 415 g/mol. The number of pyridine rings is 2. The van der Waals surface area contributed by atoms with Crippen LogP contribution < -0.4 is 0 Å². The molecule has 2 fully saturated rings. The van der Waals surface area contributed by atoms with E-state index < -0.39 is 18.0 Å². The van der Waals surface area contributed by atoms with Crippen molar-refractivity contribution in [3.63, 3.8) is 0 Å². The minimum atomic E-state index is -4.41. The maximum Gasteiger partial charge on any atom is 0.433 e. The summed E-state index contributed by atoms with van der Waals surface area (Å²) in [6.45, 7) is 0. The highest BCUT2D eigenvalue weighted by atomic mass is 19.4. The summed E-state index contributed by atoms with van der Waals surface area (Å²) in [5.41, 5.74) is 3.23. The Balaban J connectivity index is 1.32. The Morgan fingerprint density at radius 3 is 2.33 bits per heavy atom. The highest BCUT2D eigenvalue weighted by molar-refractivity contribution is 5.59. The van der Waals surface area contributed by atoms with Crippen molar-refractivity contribution >= 4 is 5.52 Å². The molecule has 2 aliphatic carbocycles. The van der Waals surface area contributed by atoms with Crippen molar-refractivity contribution in [3.8, 4) is 0 Å². The van der Waals surface area contributed by atoms with Crippen molar-refractivity contribution in [3.05, 3.63) is 65.5 Å². The highest BCUT2D eigenvalue weighted by Crippen LogP contribution is 2.48. The molecule has 0 spiro atoms. The number of rotatable bonds is 4. The van der Waals surface area contributed by atoms with Crippen molar-refractivity contribution in [1.29, 1.82) is 0 Å². The molecule has 3 heterocycles. The first-order valence-corrected chi connectivity index (χ1v) is 10.6. The summed E-state index contributed by atoms with van der Waals surface area (Å²) in [5.74, 6) is 0.864. The molecule has 3 aromatic rings. The fraction of sp³-hybridized carbons (Fsp3) is 0.478. The molecule has 4 nitrogen and oxygen atoms in total. The van der Waals surface area contributed by atoms with E-state index in [4.69, 9.17) is 0 Å². The van der Waals surface area contributed by atoms with Gasteiger partial charge in [0.05, 0.1) is 24.1 Å². The van der Waals surface area contributed by atoms with Crippen LogP contribution in [0.2, 0.25) is 0 Å². The molecule has 0 unspecified atom stereocenters. The summed E-state index contributed by atoms with van der Waals surface area (Å²) in [6.07, 6.45) is 7.70. The van der Waals surface area contributed by atoms with Crippen molar-refractivity contribution in [2.75, 3.05) is 0 Å². The van der Waals surface area contributed by atoms with Gasteiger partial charge >= 0.3 is 6.18 Å². The lowest BCUT2D eigenvalue weighted by Crippen LogP contribution is -2.21. The van der Waals surface area contributed by atoms with Gasteiger partial charge in [-0.2, -0.15) is 13.2 Å². The number of aromatic nitrogens is 3. The van der Waals surface area contributed by atoms with Crippen LogP contribution >= 0.6 is 0 Å². The second-order valence-corrected chi connectivity index (χ2v) is 8.68. The van der Waals surface area contributed by atoms with Gasteiger partial charge in [0, 0.05) is 18.0 Å². The van der Waals surface area contributed by atoms with Crippen LogP contribution in [0.25, 0.3) is 5.52 Å². The van der Waals surface area contributed by atoms with Gasteiger partial charge in [-0.05, 0) is 79.5 Å². The van der Waals surface area contributed by atoms with Gasteiger partial charge in [-0.1, -0.05) is 6.07 Å². The average Bonchev–Trinajstić information content (AvgIpc) is 3.48. The van der Waals surface area contributed by atoms with E-state index in [1.54, 1.807) is 12.4 Å². The number of hydrogen-bond acceptors (Lipinski definition) is 3. The molecule has 0 aromatic carbocycles. The molecule has 3 aromatic heterocycles. The van der Waals surface area contributed by atoms with E-state index in [1.165, 1.54) is 11.8 Å². The Morgan fingerprint density at radius 1 is 0.967 bits per heavy atom. The standard InChI is InChI=1S/C23H24F3N3O/c24-23(25,26)20-8-7-17(11-28-20)14-1-5-16(6-2-14)22(30)21-18(15-3-4-15)9-10-29-13-27-12-19(21)29/h7-16,22,30H,1-6H2/t14-,16-,22-/m1/s1. The predicted molar refractivity (Wildman–Crippen MR) is 106 cm³/mol. The van der Waals surface area contributed by atoms with E-state index in [9.17, 15) is 18.3 Å².